The minimum absolute atomic E-state index is 0. The zero-order chi connectivity index (χ0) is 18.6. The van der Waals surface area contributed by atoms with Crippen LogP contribution < -0.4 is 10.2 Å². The van der Waals surface area contributed by atoms with Crippen LogP contribution in [0, 0.1) is 6.92 Å². The van der Waals surface area contributed by atoms with Gasteiger partial charge in [-0.3, -0.25) is 9.78 Å². The van der Waals surface area contributed by atoms with Crippen LogP contribution in [0.25, 0.3) is 0 Å². The number of hydrogen-bond donors (Lipinski definition) is 1. The number of ketones is 1. The Balaban J connectivity index is 0.00000225. The van der Waals surface area contributed by atoms with E-state index < -0.39 is 0 Å². The molecule has 1 aliphatic rings. The summed E-state index contributed by atoms with van der Waals surface area (Å²) in [5, 5.41) is 3.56. The molecule has 0 aliphatic carbocycles. The van der Waals surface area contributed by atoms with E-state index in [4.69, 9.17) is 0 Å². The van der Waals surface area contributed by atoms with Crippen LogP contribution in [0.4, 0.5) is 5.82 Å². The lowest BCUT2D eigenvalue weighted by Gasteiger charge is -2.35. The summed E-state index contributed by atoms with van der Waals surface area (Å²) in [5.41, 5.74) is 3.05. The molecular weight excluding hydrogens is 336 g/mol. The van der Waals surface area contributed by atoms with Crippen molar-refractivity contribution in [3.05, 3.63) is 89.4 Å². The van der Waals surface area contributed by atoms with Crippen molar-refractivity contribution in [3.63, 3.8) is 0 Å². The summed E-state index contributed by atoms with van der Waals surface area (Å²) >= 11 is 0. The number of carbonyl (C=O) groups excluding carboxylic acids is 1. The van der Waals surface area contributed by atoms with Crippen LogP contribution in [0.2, 0.25) is 0 Å². The number of aryl methyl sites for hydroxylation is 1. The van der Waals surface area contributed by atoms with Gasteiger partial charge in [0.2, 0.25) is 5.78 Å². The normalized spacial score (nSPS) is 16.9. The van der Waals surface area contributed by atoms with Gasteiger partial charge in [0.05, 0.1) is 0 Å². The molecule has 0 unspecified atom stereocenters. The number of pyridine rings is 2. The van der Waals surface area contributed by atoms with E-state index in [1.807, 2.05) is 25.1 Å². The Morgan fingerprint density at radius 3 is 2.78 bits per heavy atom. The number of nitrogens with zero attached hydrogens (tertiary/aromatic N) is 3. The van der Waals surface area contributed by atoms with Gasteiger partial charge in [0.25, 0.3) is 0 Å². The minimum Gasteiger partial charge on any atom is -0.353 e. The third-order valence-corrected chi connectivity index (χ3v) is 4.92. The molecule has 138 valence electrons. The highest BCUT2D eigenvalue weighted by atomic mass is 16.1. The predicted molar refractivity (Wildman–Crippen MR) is 108 cm³/mol. The van der Waals surface area contributed by atoms with E-state index in [0.717, 1.165) is 31.1 Å². The zero-order valence-electron chi connectivity index (χ0n) is 15.3. The lowest BCUT2D eigenvalue weighted by Crippen LogP contribution is -2.46. The number of anilines is 1. The number of aromatic nitrogens is 2. The molecule has 0 bridgehead atoms. The van der Waals surface area contributed by atoms with E-state index in [1.54, 1.807) is 24.4 Å². The van der Waals surface area contributed by atoms with Gasteiger partial charge in [-0.25, -0.2) is 4.98 Å². The maximum atomic E-state index is 12.9. The smallest absolute Gasteiger partial charge is 0.213 e. The first-order valence-corrected chi connectivity index (χ1v) is 9.19. The average Bonchev–Trinajstić information content (AvgIpc) is 2.74. The number of benzene rings is 1. The molecule has 27 heavy (non-hydrogen) atoms. The first kappa shape index (κ1) is 17.4. The number of hydrogen-bond acceptors (Lipinski definition) is 5. The van der Waals surface area contributed by atoms with Gasteiger partial charge in [-0.2, -0.15) is 0 Å². The molecule has 1 N–H and O–H groups in total. The molecule has 0 radical (unpaired) electrons. The Kier molecular flexibility index (Phi) is 4.94. The molecule has 3 aromatic rings. The van der Waals surface area contributed by atoms with Crippen LogP contribution in [-0.4, -0.2) is 35.4 Å². The summed E-state index contributed by atoms with van der Waals surface area (Å²) in [7, 11) is 0. The monoisotopic (exact) mass is 360 g/mol. The Hall–Kier alpha value is -3.05. The molecule has 0 spiro atoms. The minimum atomic E-state index is -0.0859. The van der Waals surface area contributed by atoms with Gasteiger partial charge in [0.1, 0.15) is 11.5 Å². The van der Waals surface area contributed by atoms with Crippen LogP contribution >= 0.6 is 0 Å². The molecule has 5 heteroatoms. The van der Waals surface area contributed by atoms with E-state index in [1.165, 1.54) is 5.56 Å². The van der Waals surface area contributed by atoms with Crippen LogP contribution in [0.3, 0.4) is 0 Å². The molecule has 1 atom stereocenters. The maximum Gasteiger partial charge on any atom is 0.213 e. The van der Waals surface area contributed by atoms with Gasteiger partial charge in [0.15, 0.2) is 0 Å². The topological polar surface area (TPSA) is 58.1 Å². The zero-order valence-corrected chi connectivity index (χ0v) is 15.3. The van der Waals surface area contributed by atoms with Crippen LogP contribution in [0.15, 0.2) is 66.9 Å². The molecule has 5 nitrogen and oxygen atoms in total. The maximum absolute atomic E-state index is 12.9. The lowest BCUT2D eigenvalue weighted by atomic mass is 10.0. The third kappa shape index (κ3) is 3.73. The Morgan fingerprint density at radius 1 is 1.11 bits per heavy atom. The van der Waals surface area contributed by atoms with E-state index in [0.29, 0.717) is 11.3 Å². The largest absolute Gasteiger partial charge is 0.353 e. The average molecular weight is 360 g/mol. The van der Waals surface area contributed by atoms with E-state index >= 15 is 0 Å². The highest BCUT2D eigenvalue weighted by Gasteiger charge is 2.22. The van der Waals surface area contributed by atoms with E-state index in [2.05, 4.69) is 44.5 Å². The summed E-state index contributed by atoms with van der Waals surface area (Å²) < 4.78 is 0. The molecule has 0 saturated carbocycles. The number of nitrogens with one attached hydrogen (secondary N) is 1. The van der Waals surface area contributed by atoms with Gasteiger partial charge in [-0.1, -0.05) is 36.4 Å². The van der Waals surface area contributed by atoms with Crippen molar-refractivity contribution in [3.8, 4) is 0 Å². The molecule has 1 aliphatic heterocycles. The standard InChI is InChI=1S/C22H22N4O.H2/c1-16-18(9-6-12-23-16)22(27)19-10-5-11-21(25-19)26-14-13-24-20(15-26)17-7-3-2-4-8-17;/h2-12,20,24H,13-15H2,1H3;1H/t20-;/m1./s1. The number of rotatable bonds is 4. The lowest BCUT2D eigenvalue weighted by molar-refractivity contribution is 0.103. The number of piperazine rings is 1. The first-order chi connectivity index (χ1) is 13.2. The van der Waals surface area contributed by atoms with Crippen molar-refractivity contribution in [2.45, 2.75) is 13.0 Å². The highest BCUT2D eigenvalue weighted by molar-refractivity contribution is 6.08. The van der Waals surface area contributed by atoms with Crippen molar-refractivity contribution in [2.75, 3.05) is 24.5 Å². The second kappa shape index (κ2) is 7.68. The second-order valence-electron chi connectivity index (χ2n) is 6.71. The summed E-state index contributed by atoms with van der Waals surface area (Å²) in [6, 6.07) is 19.9. The van der Waals surface area contributed by atoms with Crippen molar-refractivity contribution in [2.24, 2.45) is 0 Å². The van der Waals surface area contributed by atoms with Gasteiger partial charge in [-0.15, -0.1) is 0 Å². The summed E-state index contributed by atoms with van der Waals surface area (Å²) in [6.07, 6.45) is 1.69. The fraction of sp³-hybridized carbons (Fsp3) is 0.227. The highest BCUT2D eigenvalue weighted by Crippen LogP contribution is 2.22. The number of carbonyl (C=O) groups is 1. The van der Waals surface area contributed by atoms with Crippen LogP contribution in [0.5, 0.6) is 0 Å². The van der Waals surface area contributed by atoms with Gasteiger partial charge in [-0.05, 0) is 36.8 Å². The molecule has 1 saturated heterocycles. The molecule has 1 fully saturated rings. The molecule has 0 amide bonds. The predicted octanol–water partition coefficient (Wildman–Crippen LogP) is 3.41. The molecular formula is C22H24N4O. The molecule has 1 aromatic carbocycles. The first-order valence-electron chi connectivity index (χ1n) is 9.19. The summed E-state index contributed by atoms with van der Waals surface area (Å²) in [5.74, 6) is 0.752. The SMILES string of the molecule is Cc1ncccc1C(=O)c1cccc(N2CCN[C@@H](c3ccccc3)C2)n1.[HH]. The fourth-order valence-electron chi connectivity index (χ4n) is 3.45. The Morgan fingerprint density at radius 2 is 1.96 bits per heavy atom. The van der Waals surface area contributed by atoms with Crippen LogP contribution in [0.1, 0.15) is 34.8 Å². The van der Waals surface area contributed by atoms with Gasteiger partial charge >= 0.3 is 0 Å². The van der Waals surface area contributed by atoms with Gasteiger partial charge in [0, 0.05) is 44.6 Å². The summed E-state index contributed by atoms with van der Waals surface area (Å²) in [4.78, 5) is 24.0. The van der Waals surface area contributed by atoms with Crippen molar-refractivity contribution in [1.29, 1.82) is 0 Å². The van der Waals surface area contributed by atoms with Crippen molar-refractivity contribution >= 4 is 11.6 Å². The Labute approximate surface area is 160 Å². The van der Waals surface area contributed by atoms with E-state index in [9.17, 15) is 4.79 Å². The van der Waals surface area contributed by atoms with Gasteiger partial charge < -0.3 is 10.2 Å². The quantitative estimate of drug-likeness (QED) is 0.723. The molecule has 4 rings (SSSR count). The van der Waals surface area contributed by atoms with Crippen molar-refractivity contribution in [1.82, 2.24) is 15.3 Å². The third-order valence-electron chi connectivity index (χ3n) is 4.92. The molecule has 3 heterocycles. The van der Waals surface area contributed by atoms with Crippen LogP contribution in [-0.2, 0) is 0 Å². The van der Waals surface area contributed by atoms with E-state index in [-0.39, 0.29) is 13.3 Å². The van der Waals surface area contributed by atoms with Crippen molar-refractivity contribution < 1.29 is 6.22 Å². The Bertz CT molecular complexity index is 948. The fourth-order valence-corrected chi connectivity index (χ4v) is 3.45. The molecule has 2 aromatic heterocycles. The second-order valence-corrected chi connectivity index (χ2v) is 6.71. The summed E-state index contributed by atoms with van der Waals surface area (Å²) in [6.45, 7) is 4.40.